The quantitative estimate of drug-likeness (QED) is 0.280. The van der Waals surface area contributed by atoms with Crippen LogP contribution in [0.15, 0.2) is 101 Å². The van der Waals surface area contributed by atoms with Crippen LogP contribution in [0.5, 0.6) is 5.75 Å². The zero-order chi connectivity index (χ0) is 27.8. The maximum absolute atomic E-state index is 13.8. The highest BCUT2D eigenvalue weighted by Crippen LogP contribution is 2.32. The SMILES string of the molecule is CCOc1ccccc1N(CC(=O)Nc1ccccc1C(=O)NCc1ccco1)S(=O)(=O)c1ccc(C)cc1. The average molecular weight is 548 g/mol. The van der Waals surface area contributed by atoms with E-state index >= 15 is 0 Å². The van der Waals surface area contributed by atoms with E-state index in [0.29, 0.717) is 18.1 Å². The number of ether oxygens (including phenoxy) is 1. The third kappa shape index (κ3) is 6.66. The van der Waals surface area contributed by atoms with E-state index in [4.69, 9.17) is 9.15 Å². The number of nitrogens with zero attached hydrogens (tertiary/aromatic N) is 1. The van der Waals surface area contributed by atoms with Crippen LogP contribution in [0.25, 0.3) is 0 Å². The van der Waals surface area contributed by atoms with Crippen LogP contribution in [0, 0.1) is 6.92 Å². The second-order valence-electron chi connectivity index (χ2n) is 8.58. The monoisotopic (exact) mass is 547 g/mol. The van der Waals surface area contributed by atoms with E-state index in [0.717, 1.165) is 9.87 Å². The van der Waals surface area contributed by atoms with Gasteiger partial charge in [-0.1, -0.05) is 42.0 Å². The molecule has 3 aromatic carbocycles. The van der Waals surface area contributed by atoms with Gasteiger partial charge in [0, 0.05) is 0 Å². The Bertz CT molecular complexity index is 1530. The minimum atomic E-state index is -4.16. The molecule has 0 saturated heterocycles. The first-order valence-electron chi connectivity index (χ1n) is 12.3. The molecular formula is C29H29N3O6S. The lowest BCUT2D eigenvalue weighted by molar-refractivity contribution is -0.114. The van der Waals surface area contributed by atoms with Crippen molar-refractivity contribution in [2.45, 2.75) is 25.3 Å². The number of aryl methyl sites for hydroxylation is 1. The van der Waals surface area contributed by atoms with Gasteiger partial charge in [0.1, 0.15) is 18.1 Å². The van der Waals surface area contributed by atoms with Crippen molar-refractivity contribution >= 4 is 33.2 Å². The van der Waals surface area contributed by atoms with Crippen LogP contribution in [0.3, 0.4) is 0 Å². The van der Waals surface area contributed by atoms with Gasteiger partial charge in [0.05, 0.1) is 41.2 Å². The standard InChI is InChI=1S/C29H29N3O6S/c1-3-37-27-13-7-6-12-26(27)32(39(35,36)23-16-14-21(2)15-17-23)20-28(33)31-25-11-5-4-10-24(25)29(34)30-19-22-9-8-18-38-22/h4-18H,3,19-20H2,1-2H3,(H,30,34)(H,31,33). The highest BCUT2D eigenvalue weighted by molar-refractivity contribution is 7.92. The van der Waals surface area contributed by atoms with Gasteiger partial charge >= 0.3 is 0 Å². The molecule has 0 radical (unpaired) electrons. The van der Waals surface area contributed by atoms with Gasteiger partial charge in [-0.25, -0.2) is 8.42 Å². The molecule has 0 bridgehead atoms. The molecule has 0 spiro atoms. The second-order valence-corrected chi connectivity index (χ2v) is 10.4. The molecule has 0 aliphatic carbocycles. The Morgan fingerprint density at radius 1 is 0.923 bits per heavy atom. The van der Waals surface area contributed by atoms with Gasteiger partial charge in [0.2, 0.25) is 5.91 Å². The average Bonchev–Trinajstić information content (AvgIpc) is 3.45. The molecule has 1 heterocycles. The summed E-state index contributed by atoms with van der Waals surface area (Å²) in [5, 5.41) is 5.45. The number of carbonyl (C=O) groups is 2. The van der Waals surface area contributed by atoms with E-state index in [1.54, 1.807) is 79.7 Å². The van der Waals surface area contributed by atoms with Crippen molar-refractivity contribution in [2.75, 3.05) is 22.8 Å². The van der Waals surface area contributed by atoms with E-state index in [2.05, 4.69) is 10.6 Å². The zero-order valence-corrected chi connectivity index (χ0v) is 22.4. The number of furan rings is 1. The maximum atomic E-state index is 13.8. The van der Waals surface area contributed by atoms with E-state index in [-0.39, 0.29) is 28.4 Å². The van der Waals surface area contributed by atoms with Crippen molar-refractivity contribution in [2.24, 2.45) is 0 Å². The first-order chi connectivity index (χ1) is 18.8. The van der Waals surface area contributed by atoms with Crippen LogP contribution in [0.1, 0.15) is 28.6 Å². The molecule has 0 aliphatic rings. The first kappa shape index (κ1) is 27.5. The van der Waals surface area contributed by atoms with Gasteiger partial charge < -0.3 is 19.8 Å². The van der Waals surface area contributed by atoms with Crippen molar-refractivity contribution in [3.05, 3.63) is 108 Å². The Morgan fingerprint density at radius 2 is 1.64 bits per heavy atom. The second kappa shape index (κ2) is 12.3. The van der Waals surface area contributed by atoms with E-state index in [1.807, 2.05) is 6.92 Å². The predicted octanol–water partition coefficient (Wildman–Crippen LogP) is 4.75. The van der Waals surface area contributed by atoms with Crippen molar-refractivity contribution in [3.63, 3.8) is 0 Å². The summed E-state index contributed by atoms with van der Waals surface area (Å²) in [6.07, 6.45) is 1.51. The molecule has 0 fully saturated rings. The molecule has 9 nitrogen and oxygen atoms in total. The fourth-order valence-electron chi connectivity index (χ4n) is 3.86. The number of rotatable bonds is 11. The summed E-state index contributed by atoms with van der Waals surface area (Å²) in [6, 6.07) is 22.9. The Balaban J connectivity index is 1.61. The summed E-state index contributed by atoms with van der Waals surface area (Å²) < 4.78 is 39.5. The number of sulfonamides is 1. The topological polar surface area (TPSA) is 118 Å². The normalized spacial score (nSPS) is 11.0. The fraction of sp³-hybridized carbons (Fsp3) is 0.172. The number of carbonyl (C=O) groups excluding carboxylic acids is 2. The van der Waals surface area contributed by atoms with Crippen molar-refractivity contribution in [1.29, 1.82) is 0 Å². The van der Waals surface area contributed by atoms with E-state index in [9.17, 15) is 18.0 Å². The summed E-state index contributed by atoms with van der Waals surface area (Å²) >= 11 is 0. The molecule has 2 N–H and O–H groups in total. The Labute approximate surface area is 227 Å². The third-order valence-corrected chi connectivity index (χ3v) is 7.55. The number of hydrogen-bond acceptors (Lipinski definition) is 6. The number of para-hydroxylation sites is 3. The molecule has 0 atom stereocenters. The lowest BCUT2D eigenvalue weighted by atomic mass is 10.1. The summed E-state index contributed by atoms with van der Waals surface area (Å²) in [5.41, 5.74) is 1.58. The van der Waals surface area contributed by atoms with Crippen molar-refractivity contribution < 1.29 is 27.2 Å². The molecule has 39 heavy (non-hydrogen) atoms. The highest BCUT2D eigenvalue weighted by Gasteiger charge is 2.30. The lowest BCUT2D eigenvalue weighted by Crippen LogP contribution is -2.38. The Hall–Kier alpha value is -4.57. The number of nitrogens with one attached hydrogen (secondary N) is 2. The summed E-state index contributed by atoms with van der Waals surface area (Å²) in [6.45, 7) is 3.57. The molecule has 0 unspecified atom stereocenters. The number of amides is 2. The van der Waals surface area contributed by atoms with Gasteiger partial charge in [0.25, 0.3) is 15.9 Å². The number of benzene rings is 3. The molecule has 0 saturated carbocycles. The minimum Gasteiger partial charge on any atom is -0.492 e. The molecule has 4 aromatic rings. The maximum Gasteiger partial charge on any atom is 0.264 e. The van der Waals surface area contributed by atoms with Crippen molar-refractivity contribution in [3.8, 4) is 5.75 Å². The number of hydrogen-bond donors (Lipinski definition) is 2. The van der Waals surface area contributed by atoms with Crippen LogP contribution >= 0.6 is 0 Å². The fourth-order valence-corrected chi connectivity index (χ4v) is 5.30. The molecule has 0 aliphatic heterocycles. The van der Waals surface area contributed by atoms with Gasteiger partial charge in [-0.2, -0.15) is 0 Å². The van der Waals surface area contributed by atoms with Gasteiger partial charge in [-0.05, 0) is 62.4 Å². The molecule has 4 rings (SSSR count). The lowest BCUT2D eigenvalue weighted by Gasteiger charge is -2.26. The Morgan fingerprint density at radius 3 is 2.36 bits per heavy atom. The van der Waals surface area contributed by atoms with Crippen LogP contribution in [0.4, 0.5) is 11.4 Å². The minimum absolute atomic E-state index is 0.0323. The Kier molecular flexibility index (Phi) is 8.67. The predicted molar refractivity (Wildman–Crippen MR) is 148 cm³/mol. The van der Waals surface area contributed by atoms with Crippen LogP contribution in [0.2, 0.25) is 0 Å². The molecular weight excluding hydrogens is 518 g/mol. The largest absolute Gasteiger partial charge is 0.492 e. The van der Waals surface area contributed by atoms with Gasteiger partial charge in [-0.3, -0.25) is 13.9 Å². The smallest absolute Gasteiger partial charge is 0.264 e. The summed E-state index contributed by atoms with van der Waals surface area (Å²) in [5.74, 6) is -0.160. The van der Waals surface area contributed by atoms with Crippen LogP contribution in [-0.2, 0) is 21.4 Å². The summed E-state index contributed by atoms with van der Waals surface area (Å²) in [4.78, 5) is 26.2. The zero-order valence-electron chi connectivity index (χ0n) is 21.6. The van der Waals surface area contributed by atoms with E-state index in [1.165, 1.54) is 18.4 Å². The highest BCUT2D eigenvalue weighted by atomic mass is 32.2. The van der Waals surface area contributed by atoms with Crippen LogP contribution < -0.4 is 19.7 Å². The third-order valence-electron chi connectivity index (χ3n) is 5.78. The molecule has 202 valence electrons. The van der Waals surface area contributed by atoms with E-state index < -0.39 is 28.4 Å². The molecule has 2 amide bonds. The summed E-state index contributed by atoms with van der Waals surface area (Å²) in [7, 11) is -4.16. The van der Waals surface area contributed by atoms with Gasteiger partial charge in [-0.15, -0.1) is 0 Å². The first-order valence-corrected chi connectivity index (χ1v) is 13.7. The molecule has 1 aromatic heterocycles. The van der Waals surface area contributed by atoms with Crippen LogP contribution in [-0.4, -0.2) is 33.4 Å². The number of anilines is 2. The van der Waals surface area contributed by atoms with Crippen molar-refractivity contribution in [1.82, 2.24) is 5.32 Å². The molecule has 10 heteroatoms. The van der Waals surface area contributed by atoms with Gasteiger partial charge in [0.15, 0.2) is 0 Å².